The zero-order valence-corrected chi connectivity index (χ0v) is 23.9. The van der Waals surface area contributed by atoms with Crippen LogP contribution in [0.15, 0.2) is 119 Å². The summed E-state index contributed by atoms with van der Waals surface area (Å²) in [7, 11) is 0. The fourth-order valence-electron chi connectivity index (χ4n) is 4.26. The Labute approximate surface area is 261 Å². The summed E-state index contributed by atoms with van der Waals surface area (Å²) in [6.45, 7) is 0. The standard InChI is InChI=1S/C15H10O4.C9H5ClO4.C9H6O4/c16-13-11-8-10(9-4-2-1-3-5-9)6-7-12(11)19-15(18)14(13)17;10-4-1-2-6-5(3-4)7(11)8(12)9(13)14-6;10-7-5-3-1-2-4-6(5)13-9(12)8(7)11/h1-8,16-17H;1-3,11-12H;1-4,10-11H. The fourth-order valence-corrected chi connectivity index (χ4v) is 4.43. The molecule has 3 aromatic heterocycles. The topological polar surface area (TPSA) is 212 Å². The van der Waals surface area contributed by atoms with Gasteiger partial charge in [-0.3, -0.25) is 0 Å². The Morgan fingerprint density at radius 3 is 1.41 bits per heavy atom. The van der Waals surface area contributed by atoms with E-state index in [1.54, 1.807) is 36.4 Å². The monoisotopic (exact) mass is 644 g/mol. The van der Waals surface area contributed by atoms with Crippen molar-refractivity contribution in [1.82, 2.24) is 0 Å². The van der Waals surface area contributed by atoms with Crippen LogP contribution in [0, 0.1) is 0 Å². The summed E-state index contributed by atoms with van der Waals surface area (Å²) < 4.78 is 14.3. The highest BCUT2D eigenvalue weighted by Gasteiger charge is 2.14. The lowest BCUT2D eigenvalue weighted by Gasteiger charge is -2.05. The molecule has 0 spiro atoms. The van der Waals surface area contributed by atoms with E-state index in [9.17, 15) is 34.8 Å². The molecule has 3 heterocycles. The largest absolute Gasteiger partial charge is 0.504 e. The Kier molecular flexibility index (Phi) is 8.56. The Morgan fingerprint density at radius 2 is 0.848 bits per heavy atom. The molecule has 13 heteroatoms. The van der Waals surface area contributed by atoms with Crippen molar-refractivity contribution in [1.29, 1.82) is 0 Å². The Balaban J connectivity index is 0.000000139. The number of hydrogen-bond donors (Lipinski definition) is 6. The van der Waals surface area contributed by atoms with Crippen LogP contribution in [0.4, 0.5) is 0 Å². The van der Waals surface area contributed by atoms with Gasteiger partial charge < -0.3 is 43.9 Å². The summed E-state index contributed by atoms with van der Waals surface area (Å²) in [4.78, 5) is 33.0. The molecule has 0 aliphatic carbocycles. The van der Waals surface area contributed by atoms with Gasteiger partial charge in [-0.15, -0.1) is 0 Å². The lowest BCUT2D eigenvalue weighted by Crippen LogP contribution is -1.98. The summed E-state index contributed by atoms with van der Waals surface area (Å²) >= 11 is 5.67. The molecule has 7 aromatic rings. The second-order valence-corrected chi connectivity index (χ2v) is 9.91. The summed E-state index contributed by atoms with van der Waals surface area (Å²) in [5.41, 5.74) is -0.366. The van der Waals surface area contributed by atoms with Crippen LogP contribution < -0.4 is 16.9 Å². The number of fused-ring (bicyclic) bond motifs is 3. The molecule has 7 rings (SSSR count). The van der Waals surface area contributed by atoms with Gasteiger partial charge in [-0.2, -0.15) is 0 Å². The maximum absolute atomic E-state index is 11.2. The first-order valence-corrected chi connectivity index (χ1v) is 13.5. The molecule has 6 N–H and O–H groups in total. The Morgan fingerprint density at radius 1 is 0.413 bits per heavy atom. The van der Waals surface area contributed by atoms with Gasteiger partial charge in [-0.25, -0.2) is 14.4 Å². The summed E-state index contributed by atoms with van der Waals surface area (Å²) in [5, 5.41) is 57.3. The smallest absolute Gasteiger partial charge is 0.382 e. The maximum Gasteiger partial charge on any atom is 0.382 e. The van der Waals surface area contributed by atoms with Crippen molar-refractivity contribution < 1.29 is 43.9 Å². The van der Waals surface area contributed by atoms with Gasteiger partial charge in [0, 0.05) is 5.02 Å². The van der Waals surface area contributed by atoms with Crippen molar-refractivity contribution in [3.63, 3.8) is 0 Å². The minimum atomic E-state index is -0.975. The van der Waals surface area contributed by atoms with Crippen molar-refractivity contribution in [2.75, 3.05) is 0 Å². The van der Waals surface area contributed by atoms with Crippen molar-refractivity contribution in [3.05, 3.63) is 127 Å². The van der Waals surface area contributed by atoms with Crippen molar-refractivity contribution in [2.24, 2.45) is 0 Å². The van der Waals surface area contributed by atoms with Crippen LogP contribution in [-0.4, -0.2) is 30.6 Å². The first-order chi connectivity index (χ1) is 22.0. The third-order valence-electron chi connectivity index (χ3n) is 6.54. The molecule has 0 radical (unpaired) electrons. The van der Waals surface area contributed by atoms with Gasteiger partial charge in [0.2, 0.25) is 17.2 Å². The Hall–Kier alpha value is -6.40. The average molecular weight is 645 g/mol. The van der Waals surface area contributed by atoms with E-state index in [-0.39, 0.29) is 22.1 Å². The van der Waals surface area contributed by atoms with E-state index in [2.05, 4.69) is 0 Å². The van der Waals surface area contributed by atoms with Crippen LogP contribution in [-0.2, 0) is 0 Å². The molecule has 0 amide bonds. The molecule has 0 saturated heterocycles. The molecule has 0 aliphatic rings. The maximum atomic E-state index is 11.2. The van der Waals surface area contributed by atoms with Gasteiger partial charge >= 0.3 is 16.9 Å². The number of benzene rings is 4. The van der Waals surface area contributed by atoms with Gasteiger partial charge in [-0.1, -0.05) is 60.1 Å². The molecular weight excluding hydrogens is 624 g/mol. The minimum Gasteiger partial charge on any atom is -0.504 e. The highest BCUT2D eigenvalue weighted by atomic mass is 35.5. The number of halogens is 1. The van der Waals surface area contributed by atoms with Crippen molar-refractivity contribution in [2.45, 2.75) is 0 Å². The van der Waals surface area contributed by atoms with Crippen LogP contribution in [0.2, 0.25) is 5.02 Å². The number of para-hydroxylation sites is 1. The minimum absolute atomic E-state index is 0.176. The first-order valence-electron chi connectivity index (χ1n) is 13.1. The third-order valence-corrected chi connectivity index (χ3v) is 6.78. The average Bonchev–Trinajstić information content (AvgIpc) is 3.06. The highest BCUT2D eigenvalue weighted by molar-refractivity contribution is 6.31. The third kappa shape index (κ3) is 6.14. The first kappa shape index (κ1) is 31.0. The van der Waals surface area contributed by atoms with E-state index in [1.807, 2.05) is 30.3 Å². The van der Waals surface area contributed by atoms with Gasteiger partial charge in [-0.05, 0) is 53.6 Å². The summed E-state index contributed by atoms with van der Waals surface area (Å²) in [6.07, 6.45) is 0. The van der Waals surface area contributed by atoms with Gasteiger partial charge in [0.05, 0.1) is 16.2 Å². The lowest BCUT2D eigenvalue weighted by molar-refractivity contribution is 0.378. The molecule has 0 aliphatic heterocycles. The van der Waals surface area contributed by atoms with Crippen LogP contribution >= 0.6 is 11.6 Å². The van der Waals surface area contributed by atoms with Crippen molar-refractivity contribution in [3.8, 4) is 45.6 Å². The van der Waals surface area contributed by atoms with Gasteiger partial charge in [0.25, 0.3) is 0 Å². The molecule has 0 saturated carbocycles. The second kappa shape index (κ2) is 12.7. The van der Waals surface area contributed by atoms with E-state index in [0.717, 1.165) is 11.1 Å². The van der Waals surface area contributed by atoms with E-state index < -0.39 is 51.4 Å². The second-order valence-electron chi connectivity index (χ2n) is 9.47. The quantitative estimate of drug-likeness (QED) is 0.115. The molecule has 4 aromatic carbocycles. The van der Waals surface area contributed by atoms with Gasteiger partial charge in [0.15, 0.2) is 17.2 Å². The molecule has 0 fully saturated rings. The highest BCUT2D eigenvalue weighted by Crippen LogP contribution is 2.34. The van der Waals surface area contributed by atoms with E-state index in [0.29, 0.717) is 15.8 Å². The zero-order chi connectivity index (χ0) is 33.1. The number of hydrogen-bond acceptors (Lipinski definition) is 12. The molecule has 0 atom stereocenters. The Bertz CT molecular complexity index is 2410. The van der Waals surface area contributed by atoms with Crippen LogP contribution in [0.3, 0.4) is 0 Å². The predicted molar refractivity (Wildman–Crippen MR) is 168 cm³/mol. The number of rotatable bonds is 1. The molecule has 232 valence electrons. The van der Waals surface area contributed by atoms with Gasteiger partial charge in [0.1, 0.15) is 16.7 Å². The molecule has 12 nitrogen and oxygen atoms in total. The molecule has 46 heavy (non-hydrogen) atoms. The lowest BCUT2D eigenvalue weighted by atomic mass is 10.0. The van der Waals surface area contributed by atoms with E-state index in [1.165, 1.54) is 24.3 Å². The normalized spacial score (nSPS) is 10.6. The van der Waals surface area contributed by atoms with Crippen LogP contribution in [0.25, 0.3) is 44.0 Å². The van der Waals surface area contributed by atoms with Crippen molar-refractivity contribution >= 4 is 44.5 Å². The fraction of sp³-hybridized carbons (Fsp3) is 0. The van der Waals surface area contributed by atoms with E-state index in [4.69, 9.17) is 35.1 Å². The molecule has 0 unspecified atom stereocenters. The van der Waals surface area contributed by atoms with E-state index >= 15 is 0 Å². The summed E-state index contributed by atoms with van der Waals surface area (Å²) in [6, 6.07) is 25.4. The van der Waals surface area contributed by atoms with Crippen LogP contribution in [0.5, 0.6) is 34.5 Å². The molecular formula is C33H21ClO12. The summed E-state index contributed by atoms with van der Waals surface area (Å²) in [5.74, 6) is -3.73. The number of aromatic hydroxyl groups is 6. The zero-order valence-electron chi connectivity index (χ0n) is 23.2. The molecule has 0 bridgehead atoms. The predicted octanol–water partition coefficient (Wildman–Crippen LogP) is 5.93. The SMILES string of the molecule is O=c1oc2ccc(-c3ccccc3)cc2c(O)c1O.O=c1oc2ccc(Cl)cc2c(O)c1O.O=c1oc2ccccc2c(O)c1O. The van der Waals surface area contributed by atoms with Crippen LogP contribution in [0.1, 0.15) is 0 Å².